The Bertz CT molecular complexity index is 1000. The standard InChI is InChI=1S/C17H16F5N5O/c1-9-3-4-11(18)10(12(9)19)7-27-8-24-13-14(23)25-16(26-15(13)27)28-6-2-5-17(20,21)22/h3-4,8H,2,5-7H2,1H3,(H2,23,25,26). The van der Waals surface area contributed by atoms with Gasteiger partial charge >= 0.3 is 12.2 Å². The minimum Gasteiger partial charge on any atom is -0.463 e. The number of benzene rings is 1. The zero-order valence-electron chi connectivity index (χ0n) is 14.7. The van der Waals surface area contributed by atoms with E-state index >= 15 is 0 Å². The Labute approximate surface area is 156 Å². The number of halogens is 5. The lowest BCUT2D eigenvalue weighted by molar-refractivity contribution is -0.136. The molecule has 0 amide bonds. The summed E-state index contributed by atoms with van der Waals surface area (Å²) in [5, 5.41) is 0. The van der Waals surface area contributed by atoms with Gasteiger partial charge in [-0.3, -0.25) is 0 Å². The largest absolute Gasteiger partial charge is 0.463 e. The monoisotopic (exact) mass is 401 g/mol. The Hall–Kier alpha value is -2.98. The van der Waals surface area contributed by atoms with Crippen LogP contribution in [-0.2, 0) is 6.54 Å². The van der Waals surface area contributed by atoms with Gasteiger partial charge in [-0.2, -0.15) is 23.1 Å². The predicted molar refractivity (Wildman–Crippen MR) is 90.7 cm³/mol. The number of anilines is 1. The molecule has 0 aliphatic carbocycles. The number of imidazole rings is 1. The molecule has 2 heterocycles. The van der Waals surface area contributed by atoms with Crippen molar-refractivity contribution in [1.82, 2.24) is 19.5 Å². The second-order valence-electron chi connectivity index (χ2n) is 6.16. The molecule has 3 aromatic rings. The van der Waals surface area contributed by atoms with Gasteiger partial charge < -0.3 is 15.0 Å². The zero-order chi connectivity index (χ0) is 20.5. The highest BCUT2D eigenvalue weighted by Crippen LogP contribution is 2.24. The van der Waals surface area contributed by atoms with E-state index in [0.29, 0.717) is 0 Å². The van der Waals surface area contributed by atoms with Crippen LogP contribution in [0.1, 0.15) is 24.0 Å². The number of hydrogen-bond donors (Lipinski definition) is 1. The van der Waals surface area contributed by atoms with Crippen molar-refractivity contribution in [3.8, 4) is 6.01 Å². The Morgan fingerprint density at radius 3 is 2.64 bits per heavy atom. The van der Waals surface area contributed by atoms with Crippen LogP contribution in [0, 0.1) is 18.6 Å². The smallest absolute Gasteiger partial charge is 0.389 e. The molecule has 0 fully saturated rings. The third kappa shape index (κ3) is 4.29. The Morgan fingerprint density at radius 2 is 1.93 bits per heavy atom. The van der Waals surface area contributed by atoms with E-state index in [9.17, 15) is 22.0 Å². The average Bonchev–Trinajstić information content (AvgIpc) is 3.02. The molecule has 1 aromatic carbocycles. The molecule has 0 saturated carbocycles. The number of nitrogen functional groups attached to an aromatic ring is 1. The van der Waals surface area contributed by atoms with Crippen molar-refractivity contribution in [3.05, 3.63) is 41.2 Å². The lowest BCUT2D eigenvalue weighted by atomic mass is 10.1. The number of fused-ring (bicyclic) bond motifs is 1. The van der Waals surface area contributed by atoms with Gasteiger partial charge in [-0.1, -0.05) is 6.07 Å². The lowest BCUT2D eigenvalue weighted by Gasteiger charge is -2.10. The second-order valence-corrected chi connectivity index (χ2v) is 6.16. The number of nitrogens with zero attached hydrogens (tertiary/aromatic N) is 4. The fourth-order valence-electron chi connectivity index (χ4n) is 2.59. The molecule has 0 aliphatic heterocycles. The van der Waals surface area contributed by atoms with Crippen LogP contribution in [0.15, 0.2) is 18.5 Å². The molecule has 11 heteroatoms. The number of rotatable bonds is 6. The molecule has 0 saturated heterocycles. The van der Waals surface area contributed by atoms with E-state index in [4.69, 9.17) is 10.5 Å². The van der Waals surface area contributed by atoms with Crippen LogP contribution in [-0.4, -0.2) is 32.3 Å². The van der Waals surface area contributed by atoms with Crippen LogP contribution in [0.5, 0.6) is 6.01 Å². The minimum atomic E-state index is -4.28. The van der Waals surface area contributed by atoms with Crippen molar-refractivity contribution in [2.45, 2.75) is 32.5 Å². The van der Waals surface area contributed by atoms with Crippen molar-refractivity contribution >= 4 is 17.0 Å². The van der Waals surface area contributed by atoms with Crippen LogP contribution in [0.25, 0.3) is 11.2 Å². The molecular formula is C17H16F5N5O. The van der Waals surface area contributed by atoms with E-state index < -0.39 is 24.2 Å². The zero-order valence-corrected chi connectivity index (χ0v) is 14.7. The number of aromatic nitrogens is 4. The molecule has 0 unspecified atom stereocenters. The predicted octanol–water partition coefficient (Wildman–Crippen LogP) is 3.76. The summed E-state index contributed by atoms with van der Waals surface area (Å²) >= 11 is 0. The van der Waals surface area contributed by atoms with Gasteiger partial charge in [0.25, 0.3) is 0 Å². The molecular weight excluding hydrogens is 385 g/mol. The molecule has 6 nitrogen and oxygen atoms in total. The molecule has 0 radical (unpaired) electrons. The van der Waals surface area contributed by atoms with Crippen LogP contribution >= 0.6 is 0 Å². The van der Waals surface area contributed by atoms with Gasteiger partial charge in [-0.05, 0) is 25.0 Å². The molecule has 0 aliphatic rings. The maximum atomic E-state index is 14.3. The maximum absolute atomic E-state index is 14.3. The summed E-state index contributed by atoms with van der Waals surface area (Å²) in [6.45, 7) is 1.04. The molecule has 0 atom stereocenters. The lowest BCUT2D eigenvalue weighted by Crippen LogP contribution is -2.11. The van der Waals surface area contributed by atoms with E-state index in [-0.39, 0.29) is 53.7 Å². The first-order chi connectivity index (χ1) is 13.2. The second kappa shape index (κ2) is 7.56. The molecule has 3 rings (SSSR count). The third-order valence-electron chi connectivity index (χ3n) is 4.01. The fraction of sp³-hybridized carbons (Fsp3) is 0.353. The number of hydrogen-bond acceptors (Lipinski definition) is 5. The van der Waals surface area contributed by atoms with Gasteiger partial charge in [0.1, 0.15) is 11.6 Å². The number of alkyl halides is 3. The topological polar surface area (TPSA) is 78.9 Å². The summed E-state index contributed by atoms with van der Waals surface area (Å²) in [7, 11) is 0. The normalized spacial score (nSPS) is 11.9. The third-order valence-corrected chi connectivity index (χ3v) is 4.01. The van der Waals surface area contributed by atoms with Gasteiger partial charge in [-0.15, -0.1) is 0 Å². The van der Waals surface area contributed by atoms with Crippen molar-refractivity contribution < 1.29 is 26.7 Å². The average molecular weight is 401 g/mol. The fourth-order valence-corrected chi connectivity index (χ4v) is 2.59. The number of ether oxygens (including phenoxy) is 1. The number of nitrogens with two attached hydrogens (primary N) is 1. The Morgan fingerprint density at radius 1 is 1.18 bits per heavy atom. The van der Waals surface area contributed by atoms with Crippen LogP contribution < -0.4 is 10.5 Å². The molecule has 2 N–H and O–H groups in total. The van der Waals surface area contributed by atoms with Gasteiger partial charge in [0.2, 0.25) is 0 Å². The summed E-state index contributed by atoms with van der Waals surface area (Å²) in [5.74, 6) is -1.47. The maximum Gasteiger partial charge on any atom is 0.389 e. The Balaban J connectivity index is 1.85. The van der Waals surface area contributed by atoms with E-state index in [1.54, 1.807) is 0 Å². The first kappa shape index (κ1) is 19.8. The van der Waals surface area contributed by atoms with E-state index in [1.807, 2.05) is 0 Å². The SMILES string of the molecule is Cc1ccc(F)c(Cn2cnc3c(N)nc(OCCCC(F)(F)F)nc32)c1F. The van der Waals surface area contributed by atoms with Gasteiger partial charge in [0.05, 0.1) is 19.5 Å². The van der Waals surface area contributed by atoms with E-state index in [0.717, 1.165) is 6.07 Å². The highest BCUT2D eigenvalue weighted by Gasteiger charge is 2.26. The molecule has 28 heavy (non-hydrogen) atoms. The highest BCUT2D eigenvalue weighted by molar-refractivity contribution is 5.81. The van der Waals surface area contributed by atoms with Gasteiger partial charge in [0, 0.05) is 12.0 Å². The van der Waals surface area contributed by atoms with E-state index in [2.05, 4.69) is 15.0 Å². The van der Waals surface area contributed by atoms with E-state index in [1.165, 1.54) is 23.9 Å². The molecule has 2 aromatic heterocycles. The highest BCUT2D eigenvalue weighted by atomic mass is 19.4. The number of aryl methyl sites for hydroxylation is 1. The van der Waals surface area contributed by atoms with Crippen LogP contribution in [0.3, 0.4) is 0 Å². The first-order valence-corrected chi connectivity index (χ1v) is 8.27. The quantitative estimate of drug-likeness (QED) is 0.503. The van der Waals surface area contributed by atoms with Crippen molar-refractivity contribution in [2.75, 3.05) is 12.3 Å². The molecule has 150 valence electrons. The minimum absolute atomic E-state index is 0.0558. The Kier molecular flexibility index (Phi) is 5.34. The van der Waals surface area contributed by atoms with Crippen molar-refractivity contribution in [3.63, 3.8) is 0 Å². The van der Waals surface area contributed by atoms with Crippen molar-refractivity contribution in [1.29, 1.82) is 0 Å². The molecule has 0 spiro atoms. The van der Waals surface area contributed by atoms with Crippen molar-refractivity contribution in [2.24, 2.45) is 0 Å². The first-order valence-electron chi connectivity index (χ1n) is 8.27. The van der Waals surface area contributed by atoms with Crippen LogP contribution in [0.2, 0.25) is 0 Å². The summed E-state index contributed by atoms with van der Waals surface area (Å²) in [6.07, 6.45) is -4.27. The van der Waals surface area contributed by atoms with Gasteiger partial charge in [0.15, 0.2) is 17.0 Å². The summed E-state index contributed by atoms with van der Waals surface area (Å²) in [4.78, 5) is 11.9. The van der Waals surface area contributed by atoms with Crippen LogP contribution in [0.4, 0.5) is 27.8 Å². The summed E-state index contributed by atoms with van der Waals surface area (Å²) < 4.78 is 71.4. The molecule has 0 bridgehead atoms. The summed E-state index contributed by atoms with van der Waals surface area (Å²) in [6, 6.07) is 2.25. The van der Waals surface area contributed by atoms with Gasteiger partial charge in [-0.25, -0.2) is 13.8 Å². The summed E-state index contributed by atoms with van der Waals surface area (Å²) in [5.41, 5.74) is 6.23.